The van der Waals surface area contributed by atoms with Crippen molar-refractivity contribution in [2.45, 2.75) is 90.0 Å². The fourth-order valence-electron chi connectivity index (χ4n) is 3.72. The van der Waals surface area contributed by atoms with Crippen molar-refractivity contribution in [1.29, 1.82) is 0 Å². The van der Waals surface area contributed by atoms with Crippen LogP contribution in [0.15, 0.2) is 18.2 Å². The van der Waals surface area contributed by atoms with Crippen LogP contribution in [0.4, 0.5) is 0 Å². The Balaban J connectivity index is 2.20. The molecule has 0 aliphatic rings. The second-order valence-electron chi connectivity index (χ2n) is 8.56. The Morgan fingerprint density at radius 3 is 1.76 bits per heavy atom. The molecule has 0 aliphatic carbocycles. The van der Waals surface area contributed by atoms with E-state index in [-0.39, 0.29) is 6.54 Å². The molecule has 3 N–H and O–H groups in total. The molecule has 33 heavy (non-hydrogen) atoms. The predicted molar refractivity (Wildman–Crippen MR) is 132 cm³/mol. The third kappa shape index (κ3) is 13.1. The lowest BCUT2D eigenvalue weighted by atomic mass is 10.1. The van der Waals surface area contributed by atoms with Crippen molar-refractivity contribution >= 4 is 11.9 Å². The first-order valence-electron chi connectivity index (χ1n) is 12.5. The van der Waals surface area contributed by atoms with E-state index in [4.69, 9.17) is 9.47 Å². The molecule has 7 nitrogen and oxygen atoms in total. The molecule has 0 fully saturated rings. The first-order valence-corrected chi connectivity index (χ1v) is 12.5. The molecule has 7 heteroatoms. The zero-order valence-electron chi connectivity index (χ0n) is 20.8. The highest BCUT2D eigenvalue weighted by Gasteiger charge is 2.21. The van der Waals surface area contributed by atoms with Crippen molar-refractivity contribution in [1.82, 2.24) is 10.6 Å². The third-order valence-electron chi connectivity index (χ3n) is 5.77. The van der Waals surface area contributed by atoms with E-state index in [9.17, 15) is 14.7 Å². The van der Waals surface area contributed by atoms with Crippen LogP contribution in [0.5, 0.6) is 11.5 Å². The molecule has 1 atom stereocenters. The maximum Gasteiger partial charge on any atom is 0.327 e. The molecule has 0 aliphatic heterocycles. The molecule has 0 saturated heterocycles. The zero-order valence-corrected chi connectivity index (χ0v) is 20.8. The molecular formula is C26H44N2O5. The molecule has 0 saturated carbocycles. The van der Waals surface area contributed by atoms with Gasteiger partial charge in [-0.2, -0.15) is 0 Å². The standard InChI is InChI=1S/C26H44N2O5/c1-4-5-6-7-8-9-10-11-12-13-14-15-16-27-20-24(26(30)31)28-25(29)21-17-22(32-2)19-23(18-21)33-3/h17-19,24,27H,4-16,20H2,1-3H3,(H,28,29)(H,30,31). The van der Waals surface area contributed by atoms with Crippen molar-refractivity contribution in [3.63, 3.8) is 0 Å². The lowest BCUT2D eigenvalue weighted by molar-refractivity contribution is -0.139. The maximum absolute atomic E-state index is 12.5. The maximum atomic E-state index is 12.5. The number of amides is 1. The van der Waals surface area contributed by atoms with E-state index in [1.54, 1.807) is 18.2 Å². The summed E-state index contributed by atoms with van der Waals surface area (Å²) in [5.74, 6) is -0.611. The molecule has 1 aromatic rings. The van der Waals surface area contributed by atoms with Crippen LogP contribution in [0, 0.1) is 0 Å². The van der Waals surface area contributed by atoms with Crippen molar-refractivity contribution in [2.24, 2.45) is 0 Å². The largest absolute Gasteiger partial charge is 0.497 e. The summed E-state index contributed by atoms with van der Waals surface area (Å²) in [6.07, 6.45) is 15.4. The van der Waals surface area contributed by atoms with E-state index in [2.05, 4.69) is 17.6 Å². The SMILES string of the molecule is CCCCCCCCCCCCCCNCC(NC(=O)c1cc(OC)cc(OC)c1)C(=O)O. The molecule has 1 unspecified atom stereocenters. The Bertz CT molecular complexity index is 658. The summed E-state index contributed by atoms with van der Waals surface area (Å²) in [7, 11) is 2.99. The number of unbranched alkanes of at least 4 members (excludes halogenated alkanes) is 11. The van der Waals surface area contributed by atoms with E-state index in [0.717, 1.165) is 19.4 Å². The summed E-state index contributed by atoms with van der Waals surface area (Å²) in [4.78, 5) is 24.1. The van der Waals surface area contributed by atoms with Gasteiger partial charge in [0.15, 0.2) is 0 Å². The Kier molecular flexibility index (Phi) is 15.8. The fourth-order valence-corrected chi connectivity index (χ4v) is 3.72. The smallest absolute Gasteiger partial charge is 0.327 e. The van der Waals surface area contributed by atoms with Gasteiger partial charge in [-0.15, -0.1) is 0 Å². The highest BCUT2D eigenvalue weighted by Crippen LogP contribution is 2.22. The number of benzene rings is 1. The summed E-state index contributed by atoms with van der Waals surface area (Å²) in [5, 5.41) is 15.2. The number of carbonyl (C=O) groups excluding carboxylic acids is 1. The second kappa shape index (κ2) is 18.2. The first kappa shape index (κ1) is 28.8. The average Bonchev–Trinajstić information content (AvgIpc) is 2.82. The molecule has 188 valence electrons. The molecule has 0 radical (unpaired) electrons. The number of ether oxygens (including phenoxy) is 2. The van der Waals surface area contributed by atoms with Crippen LogP contribution in [-0.2, 0) is 4.79 Å². The third-order valence-corrected chi connectivity index (χ3v) is 5.77. The molecule has 0 aromatic heterocycles. The molecule has 0 bridgehead atoms. The van der Waals surface area contributed by atoms with Crippen molar-refractivity contribution in [2.75, 3.05) is 27.3 Å². The molecule has 1 aromatic carbocycles. The Labute approximate surface area is 199 Å². The van der Waals surface area contributed by atoms with Crippen molar-refractivity contribution in [3.8, 4) is 11.5 Å². The number of carboxylic acids is 1. The van der Waals surface area contributed by atoms with E-state index >= 15 is 0 Å². The predicted octanol–water partition coefficient (Wildman–Crippen LogP) is 5.18. The van der Waals surface area contributed by atoms with Gasteiger partial charge >= 0.3 is 5.97 Å². The van der Waals surface area contributed by atoms with E-state index in [1.807, 2.05) is 0 Å². The minimum atomic E-state index is -1.07. The van der Waals surface area contributed by atoms with Crippen LogP contribution in [0.25, 0.3) is 0 Å². The highest BCUT2D eigenvalue weighted by molar-refractivity contribution is 5.97. The number of carboxylic acid groups (broad SMARTS) is 1. The van der Waals surface area contributed by atoms with E-state index < -0.39 is 17.9 Å². The van der Waals surface area contributed by atoms with Crippen molar-refractivity contribution < 1.29 is 24.2 Å². The van der Waals surface area contributed by atoms with Gasteiger partial charge < -0.3 is 25.2 Å². The number of nitrogens with one attached hydrogen (secondary N) is 2. The van der Waals surface area contributed by atoms with Gasteiger partial charge in [0, 0.05) is 18.2 Å². The van der Waals surface area contributed by atoms with Gasteiger partial charge in [0.25, 0.3) is 5.91 Å². The first-order chi connectivity index (χ1) is 16.0. The number of carbonyl (C=O) groups is 2. The number of rotatable bonds is 20. The van der Waals surface area contributed by atoms with Gasteiger partial charge in [0.2, 0.25) is 0 Å². The van der Waals surface area contributed by atoms with Crippen molar-refractivity contribution in [3.05, 3.63) is 23.8 Å². The Morgan fingerprint density at radius 1 is 0.818 bits per heavy atom. The zero-order chi connectivity index (χ0) is 24.3. The van der Waals surface area contributed by atoms with Crippen LogP contribution in [-0.4, -0.2) is 50.3 Å². The van der Waals surface area contributed by atoms with Crippen LogP contribution >= 0.6 is 0 Å². The highest BCUT2D eigenvalue weighted by atomic mass is 16.5. The summed E-state index contributed by atoms with van der Waals surface area (Å²) in [6.45, 7) is 3.17. The van der Waals surface area contributed by atoms with Crippen LogP contribution in [0.2, 0.25) is 0 Å². The van der Waals surface area contributed by atoms with Crippen LogP contribution in [0.3, 0.4) is 0 Å². The minimum absolute atomic E-state index is 0.181. The molecule has 1 rings (SSSR count). The lowest BCUT2D eigenvalue weighted by Gasteiger charge is -2.16. The lowest BCUT2D eigenvalue weighted by Crippen LogP contribution is -2.47. The number of methoxy groups -OCH3 is 2. The van der Waals surface area contributed by atoms with Crippen LogP contribution < -0.4 is 20.1 Å². The topological polar surface area (TPSA) is 96.9 Å². The second-order valence-corrected chi connectivity index (χ2v) is 8.56. The summed E-state index contributed by atoms with van der Waals surface area (Å²) < 4.78 is 10.3. The average molecular weight is 465 g/mol. The van der Waals surface area contributed by atoms with Gasteiger partial charge in [-0.05, 0) is 25.1 Å². The molecule has 0 heterocycles. The molecular weight excluding hydrogens is 420 g/mol. The van der Waals surface area contributed by atoms with Gasteiger partial charge in [0.1, 0.15) is 17.5 Å². The fraction of sp³-hybridized carbons (Fsp3) is 0.692. The number of aliphatic carboxylic acids is 1. The molecule has 1 amide bonds. The van der Waals surface area contributed by atoms with E-state index in [0.29, 0.717) is 17.1 Å². The number of hydrogen-bond acceptors (Lipinski definition) is 5. The molecule has 0 spiro atoms. The van der Waals surface area contributed by atoms with Gasteiger partial charge in [0.05, 0.1) is 14.2 Å². The Hall–Kier alpha value is -2.28. The monoisotopic (exact) mass is 464 g/mol. The summed E-state index contributed by atoms with van der Waals surface area (Å²) >= 11 is 0. The summed E-state index contributed by atoms with van der Waals surface area (Å²) in [6, 6.07) is 3.75. The quantitative estimate of drug-likeness (QED) is 0.230. The van der Waals surface area contributed by atoms with Gasteiger partial charge in [-0.25, -0.2) is 4.79 Å². The Morgan fingerprint density at radius 2 is 1.30 bits per heavy atom. The summed E-state index contributed by atoms with van der Waals surface area (Å²) in [5.41, 5.74) is 0.290. The van der Waals surface area contributed by atoms with Gasteiger partial charge in [-0.1, -0.05) is 77.6 Å². The normalized spacial score (nSPS) is 11.7. The minimum Gasteiger partial charge on any atom is -0.497 e. The van der Waals surface area contributed by atoms with Gasteiger partial charge in [-0.3, -0.25) is 4.79 Å². The number of hydrogen-bond donors (Lipinski definition) is 3. The van der Waals surface area contributed by atoms with E-state index in [1.165, 1.54) is 78.4 Å². The van der Waals surface area contributed by atoms with Crippen LogP contribution in [0.1, 0.15) is 94.3 Å².